The summed E-state index contributed by atoms with van der Waals surface area (Å²) >= 11 is 0. The molecule has 0 fully saturated rings. The summed E-state index contributed by atoms with van der Waals surface area (Å²) in [6.45, 7) is 3.83. The number of benzene rings is 2. The molecule has 0 saturated carbocycles. The largest absolute Gasteiger partial charge is 0.103 e. The monoisotopic (exact) mass is 260 g/mol. The molecule has 2 aromatic carbocycles. The summed E-state index contributed by atoms with van der Waals surface area (Å²) in [5.74, 6) is 6.97. The summed E-state index contributed by atoms with van der Waals surface area (Å²) < 4.78 is 0. The lowest BCUT2D eigenvalue weighted by molar-refractivity contribution is 0.890. The predicted molar refractivity (Wildman–Crippen MR) is 86.5 cm³/mol. The molecule has 20 heavy (non-hydrogen) atoms. The van der Waals surface area contributed by atoms with Crippen molar-refractivity contribution in [3.63, 3.8) is 0 Å². The zero-order valence-electron chi connectivity index (χ0n) is 11.8. The van der Waals surface area contributed by atoms with Crippen molar-refractivity contribution >= 4 is 0 Å². The third-order valence-corrected chi connectivity index (χ3v) is 3.26. The standard InChI is InChI=1S/C20H20/c1-2-11-19(20-15-7-4-8-16-20)17-10-9-14-18-12-5-3-6-13-18/h2-8,12-13,15-16,19H,1,9,11,14H2. The van der Waals surface area contributed by atoms with Crippen LogP contribution in [-0.4, -0.2) is 0 Å². The second kappa shape index (κ2) is 8.02. The van der Waals surface area contributed by atoms with Gasteiger partial charge in [-0.15, -0.1) is 12.5 Å². The Kier molecular flexibility index (Phi) is 5.68. The van der Waals surface area contributed by atoms with Crippen LogP contribution in [-0.2, 0) is 6.42 Å². The van der Waals surface area contributed by atoms with Crippen molar-refractivity contribution in [2.45, 2.75) is 25.2 Å². The highest BCUT2D eigenvalue weighted by Crippen LogP contribution is 2.18. The van der Waals surface area contributed by atoms with Crippen LogP contribution in [0.5, 0.6) is 0 Å². The molecule has 1 atom stereocenters. The van der Waals surface area contributed by atoms with Gasteiger partial charge in [0.2, 0.25) is 0 Å². The number of allylic oxidation sites excluding steroid dienone is 1. The van der Waals surface area contributed by atoms with E-state index >= 15 is 0 Å². The van der Waals surface area contributed by atoms with E-state index in [1.54, 1.807) is 0 Å². The van der Waals surface area contributed by atoms with Crippen molar-refractivity contribution in [1.82, 2.24) is 0 Å². The first-order valence-corrected chi connectivity index (χ1v) is 7.08. The normalized spacial score (nSPS) is 11.2. The Bertz CT molecular complexity index is 570. The Hall–Kier alpha value is -2.26. The third kappa shape index (κ3) is 4.44. The summed E-state index contributed by atoms with van der Waals surface area (Å²) in [6.07, 6.45) is 4.78. The Balaban J connectivity index is 1.96. The van der Waals surface area contributed by atoms with Gasteiger partial charge in [0.1, 0.15) is 0 Å². The van der Waals surface area contributed by atoms with Gasteiger partial charge in [0.25, 0.3) is 0 Å². The molecule has 2 rings (SSSR count). The lowest BCUT2D eigenvalue weighted by Gasteiger charge is -2.07. The van der Waals surface area contributed by atoms with Crippen molar-refractivity contribution < 1.29 is 0 Å². The van der Waals surface area contributed by atoms with E-state index < -0.39 is 0 Å². The summed E-state index contributed by atoms with van der Waals surface area (Å²) in [4.78, 5) is 0. The third-order valence-electron chi connectivity index (χ3n) is 3.26. The van der Waals surface area contributed by atoms with Gasteiger partial charge in [-0.05, 0) is 24.0 Å². The van der Waals surface area contributed by atoms with Crippen LogP contribution >= 0.6 is 0 Å². The molecule has 0 aliphatic rings. The molecular formula is C20H20. The SMILES string of the molecule is C=CCC(C#CCCc1ccccc1)c1ccccc1. The van der Waals surface area contributed by atoms with Crippen LogP contribution in [0, 0.1) is 11.8 Å². The van der Waals surface area contributed by atoms with E-state index in [0.717, 1.165) is 19.3 Å². The van der Waals surface area contributed by atoms with Crippen molar-refractivity contribution in [1.29, 1.82) is 0 Å². The van der Waals surface area contributed by atoms with E-state index in [1.807, 2.05) is 18.2 Å². The first-order valence-electron chi connectivity index (χ1n) is 7.08. The summed E-state index contributed by atoms with van der Waals surface area (Å²) in [6, 6.07) is 21.0. The van der Waals surface area contributed by atoms with Crippen LogP contribution in [0.15, 0.2) is 73.3 Å². The van der Waals surface area contributed by atoms with Gasteiger partial charge in [0.15, 0.2) is 0 Å². The molecule has 0 aliphatic heterocycles. The lowest BCUT2D eigenvalue weighted by atomic mass is 9.96. The van der Waals surface area contributed by atoms with Crippen LogP contribution in [0.1, 0.15) is 29.9 Å². The minimum Gasteiger partial charge on any atom is -0.103 e. The maximum Gasteiger partial charge on any atom is 0.0486 e. The number of rotatable bonds is 5. The van der Waals surface area contributed by atoms with E-state index in [0.29, 0.717) is 0 Å². The summed E-state index contributed by atoms with van der Waals surface area (Å²) in [5.41, 5.74) is 2.63. The van der Waals surface area contributed by atoms with Crippen LogP contribution in [0.25, 0.3) is 0 Å². The molecule has 0 bridgehead atoms. The van der Waals surface area contributed by atoms with Gasteiger partial charge in [-0.25, -0.2) is 0 Å². The molecule has 2 aromatic rings. The predicted octanol–water partition coefficient (Wildman–Crippen LogP) is 4.98. The highest BCUT2D eigenvalue weighted by molar-refractivity contribution is 5.29. The molecule has 0 spiro atoms. The second-order valence-electron chi connectivity index (χ2n) is 4.79. The van der Waals surface area contributed by atoms with E-state index in [4.69, 9.17) is 0 Å². The number of hydrogen-bond donors (Lipinski definition) is 0. The summed E-state index contributed by atoms with van der Waals surface area (Å²) in [5, 5.41) is 0. The van der Waals surface area contributed by atoms with Crippen LogP contribution in [0.3, 0.4) is 0 Å². The molecule has 0 nitrogen and oxygen atoms in total. The molecule has 0 radical (unpaired) electrons. The minimum absolute atomic E-state index is 0.268. The van der Waals surface area contributed by atoms with Crippen molar-refractivity contribution in [2.24, 2.45) is 0 Å². The molecule has 0 amide bonds. The molecule has 0 N–H and O–H groups in total. The zero-order chi connectivity index (χ0) is 14.0. The van der Waals surface area contributed by atoms with Crippen LogP contribution in [0.2, 0.25) is 0 Å². The highest BCUT2D eigenvalue weighted by Gasteiger charge is 2.04. The van der Waals surface area contributed by atoms with Gasteiger partial charge >= 0.3 is 0 Å². The smallest absolute Gasteiger partial charge is 0.0486 e. The zero-order valence-corrected chi connectivity index (χ0v) is 11.8. The Labute approximate surface area is 122 Å². The van der Waals surface area contributed by atoms with E-state index in [-0.39, 0.29) is 5.92 Å². The Morgan fingerprint density at radius 1 is 0.950 bits per heavy atom. The topological polar surface area (TPSA) is 0 Å². The average Bonchev–Trinajstić information content (AvgIpc) is 2.52. The number of aryl methyl sites for hydroxylation is 1. The summed E-state index contributed by atoms with van der Waals surface area (Å²) in [7, 11) is 0. The fraction of sp³-hybridized carbons (Fsp3) is 0.200. The van der Waals surface area contributed by atoms with Gasteiger partial charge in [-0.3, -0.25) is 0 Å². The van der Waals surface area contributed by atoms with Crippen LogP contribution in [0.4, 0.5) is 0 Å². The van der Waals surface area contributed by atoms with Gasteiger partial charge in [0, 0.05) is 12.3 Å². The van der Waals surface area contributed by atoms with E-state index in [2.05, 4.69) is 67.0 Å². The Morgan fingerprint density at radius 2 is 1.60 bits per heavy atom. The van der Waals surface area contributed by atoms with Crippen molar-refractivity contribution in [3.8, 4) is 11.8 Å². The van der Waals surface area contributed by atoms with Crippen molar-refractivity contribution in [3.05, 3.63) is 84.4 Å². The van der Waals surface area contributed by atoms with Gasteiger partial charge < -0.3 is 0 Å². The van der Waals surface area contributed by atoms with Crippen LogP contribution < -0.4 is 0 Å². The lowest BCUT2D eigenvalue weighted by Crippen LogP contribution is -1.94. The molecule has 1 unspecified atom stereocenters. The average molecular weight is 260 g/mol. The highest BCUT2D eigenvalue weighted by atomic mass is 14.1. The fourth-order valence-corrected chi connectivity index (χ4v) is 2.18. The second-order valence-corrected chi connectivity index (χ2v) is 4.79. The number of hydrogen-bond acceptors (Lipinski definition) is 0. The molecule has 0 heteroatoms. The molecule has 0 aliphatic carbocycles. The Morgan fingerprint density at radius 3 is 2.25 bits per heavy atom. The van der Waals surface area contributed by atoms with Gasteiger partial charge in [-0.2, -0.15) is 0 Å². The van der Waals surface area contributed by atoms with E-state index in [9.17, 15) is 0 Å². The molecule has 0 saturated heterocycles. The first-order chi connectivity index (χ1) is 9.90. The maximum absolute atomic E-state index is 3.83. The molecular weight excluding hydrogens is 240 g/mol. The van der Waals surface area contributed by atoms with E-state index in [1.165, 1.54) is 11.1 Å². The minimum atomic E-state index is 0.268. The van der Waals surface area contributed by atoms with Gasteiger partial charge in [-0.1, -0.05) is 72.7 Å². The van der Waals surface area contributed by atoms with Crippen molar-refractivity contribution in [2.75, 3.05) is 0 Å². The first kappa shape index (κ1) is 14.2. The van der Waals surface area contributed by atoms with Gasteiger partial charge in [0.05, 0.1) is 0 Å². The molecule has 0 aromatic heterocycles. The maximum atomic E-state index is 3.83. The molecule has 0 heterocycles. The molecule has 100 valence electrons. The quantitative estimate of drug-likeness (QED) is 0.525. The fourth-order valence-electron chi connectivity index (χ4n) is 2.18.